The number of thiophene rings is 1. The van der Waals surface area contributed by atoms with E-state index in [1.54, 1.807) is 0 Å². The Morgan fingerprint density at radius 3 is 2.88 bits per heavy atom. The summed E-state index contributed by atoms with van der Waals surface area (Å²) in [6, 6.07) is 13.2. The molecule has 0 spiro atoms. The van der Waals surface area contributed by atoms with Gasteiger partial charge in [0.15, 0.2) is 5.82 Å². The van der Waals surface area contributed by atoms with E-state index in [9.17, 15) is 0 Å². The standard InChI is InChI=1S/C19H22N4S/c1-14-17-8-2-3-9-18(17)19(22-21-14)20-15-6-4-10-23(12-15)13-16-7-5-11-24-16/h2-3,5,7-9,11,15H,4,6,10,12-13H2,1H3,(H,20,22). The van der Waals surface area contributed by atoms with Gasteiger partial charge in [0, 0.05) is 34.8 Å². The van der Waals surface area contributed by atoms with E-state index >= 15 is 0 Å². The summed E-state index contributed by atoms with van der Waals surface area (Å²) in [7, 11) is 0. The zero-order valence-corrected chi connectivity index (χ0v) is 14.7. The number of piperidine rings is 1. The lowest BCUT2D eigenvalue weighted by atomic mass is 10.0. The number of benzene rings is 1. The van der Waals surface area contributed by atoms with Gasteiger partial charge in [-0.05, 0) is 37.8 Å². The van der Waals surface area contributed by atoms with Crippen LogP contribution in [0.3, 0.4) is 0 Å². The Bertz CT molecular complexity index is 815. The van der Waals surface area contributed by atoms with Gasteiger partial charge in [0.1, 0.15) is 0 Å². The average Bonchev–Trinajstić information content (AvgIpc) is 3.11. The van der Waals surface area contributed by atoms with Crippen molar-refractivity contribution in [2.45, 2.75) is 32.4 Å². The fourth-order valence-electron chi connectivity index (χ4n) is 3.48. The third-order valence-electron chi connectivity index (χ3n) is 4.68. The molecular formula is C19H22N4S. The van der Waals surface area contributed by atoms with Gasteiger partial charge in [0.2, 0.25) is 0 Å². The van der Waals surface area contributed by atoms with Gasteiger partial charge in [0.25, 0.3) is 0 Å². The van der Waals surface area contributed by atoms with Crippen LogP contribution in [0.1, 0.15) is 23.4 Å². The van der Waals surface area contributed by atoms with Crippen LogP contribution in [0.4, 0.5) is 5.82 Å². The van der Waals surface area contributed by atoms with Gasteiger partial charge in [-0.25, -0.2) is 0 Å². The second-order valence-corrected chi connectivity index (χ2v) is 7.51. The van der Waals surface area contributed by atoms with E-state index in [1.165, 1.54) is 35.0 Å². The molecule has 0 radical (unpaired) electrons. The number of rotatable bonds is 4. The summed E-state index contributed by atoms with van der Waals surface area (Å²) in [5.74, 6) is 0.916. The van der Waals surface area contributed by atoms with Crippen molar-refractivity contribution in [3.05, 3.63) is 52.3 Å². The van der Waals surface area contributed by atoms with Crippen LogP contribution in [0.25, 0.3) is 10.8 Å². The molecule has 5 heteroatoms. The Labute approximate surface area is 146 Å². The van der Waals surface area contributed by atoms with E-state index in [1.807, 2.05) is 18.3 Å². The molecule has 1 N–H and O–H groups in total. The van der Waals surface area contributed by atoms with Gasteiger partial charge in [-0.3, -0.25) is 4.90 Å². The first-order valence-electron chi connectivity index (χ1n) is 8.53. The first kappa shape index (κ1) is 15.5. The minimum atomic E-state index is 0.430. The third-order valence-corrected chi connectivity index (χ3v) is 5.54. The van der Waals surface area contributed by atoms with Gasteiger partial charge >= 0.3 is 0 Å². The maximum Gasteiger partial charge on any atom is 0.156 e. The van der Waals surface area contributed by atoms with Crippen LogP contribution >= 0.6 is 11.3 Å². The molecule has 1 saturated heterocycles. The number of fused-ring (bicyclic) bond motifs is 1. The van der Waals surface area contributed by atoms with Crippen molar-refractivity contribution in [1.29, 1.82) is 0 Å². The summed E-state index contributed by atoms with van der Waals surface area (Å²) in [4.78, 5) is 3.98. The smallest absolute Gasteiger partial charge is 0.156 e. The molecule has 124 valence electrons. The molecule has 24 heavy (non-hydrogen) atoms. The number of aryl methyl sites for hydroxylation is 1. The molecule has 2 aromatic heterocycles. The van der Waals surface area contributed by atoms with Crippen molar-refractivity contribution in [3.63, 3.8) is 0 Å². The molecule has 1 aliphatic rings. The monoisotopic (exact) mass is 338 g/mol. The van der Waals surface area contributed by atoms with Crippen molar-refractivity contribution in [1.82, 2.24) is 15.1 Å². The summed E-state index contributed by atoms with van der Waals surface area (Å²) in [5.41, 5.74) is 0.985. The van der Waals surface area contributed by atoms with E-state index in [0.717, 1.165) is 24.6 Å². The summed E-state index contributed by atoms with van der Waals surface area (Å²) < 4.78 is 0. The van der Waals surface area contributed by atoms with Crippen molar-refractivity contribution in [3.8, 4) is 0 Å². The Kier molecular flexibility index (Phi) is 4.45. The van der Waals surface area contributed by atoms with E-state index in [0.29, 0.717) is 6.04 Å². The van der Waals surface area contributed by atoms with Crippen molar-refractivity contribution in [2.24, 2.45) is 0 Å². The SMILES string of the molecule is Cc1nnc(NC2CCCN(Cc3cccs3)C2)c2ccccc12. The molecule has 1 aromatic carbocycles. The van der Waals surface area contributed by atoms with Crippen molar-refractivity contribution < 1.29 is 0 Å². The molecule has 0 bridgehead atoms. The molecule has 0 amide bonds. The Morgan fingerprint density at radius 2 is 2.04 bits per heavy atom. The van der Waals surface area contributed by atoms with Gasteiger partial charge < -0.3 is 5.32 Å². The maximum absolute atomic E-state index is 4.42. The molecule has 4 rings (SSSR count). The largest absolute Gasteiger partial charge is 0.364 e. The number of aromatic nitrogens is 2. The lowest BCUT2D eigenvalue weighted by molar-refractivity contribution is 0.210. The second-order valence-electron chi connectivity index (χ2n) is 6.48. The predicted molar refractivity (Wildman–Crippen MR) is 101 cm³/mol. The zero-order chi connectivity index (χ0) is 16.4. The van der Waals surface area contributed by atoms with Gasteiger partial charge in [-0.2, -0.15) is 5.10 Å². The van der Waals surface area contributed by atoms with Crippen LogP contribution < -0.4 is 5.32 Å². The second kappa shape index (κ2) is 6.87. The van der Waals surface area contributed by atoms with Gasteiger partial charge in [-0.1, -0.05) is 30.3 Å². The summed E-state index contributed by atoms with van der Waals surface area (Å²) in [5, 5.41) is 16.9. The first-order chi connectivity index (χ1) is 11.8. The Balaban J connectivity index is 1.50. The fraction of sp³-hybridized carbons (Fsp3) is 0.368. The molecular weight excluding hydrogens is 316 g/mol. The van der Waals surface area contributed by atoms with Crippen LogP contribution in [-0.4, -0.2) is 34.2 Å². The molecule has 3 heterocycles. The molecule has 1 unspecified atom stereocenters. The van der Waals surface area contributed by atoms with Gasteiger partial charge in [0.05, 0.1) is 5.69 Å². The molecule has 1 aliphatic heterocycles. The molecule has 3 aromatic rings. The Hall–Kier alpha value is -1.98. The topological polar surface area (TPSA) is 41.1 Å². The number of anilines is 1. The lowest BCUT2D eigenvalue weighted by Gasteiger charge is -2.33. The van der Waals surface area contributed by atoms with Crippen LogP contribution in [-0.2, 0) is 6.54 Å². The molecule has 1 atom stereocenters. The normalized spacial score (nSPS) is 18.8. The number of hydrogen-bond acceptors (Lipinski definition) is 5. The first-order valence-corrected chi connectivity index (χ1v) is 9.41. The molecule has 1 fully saturated rings. The third kappa shape index (κ3) is 3.28. The predicted octanol–water partition coefficient (Wildman–Crippen LogP) is 4.08. The zero-order valence-electron chi connectivity index (χ0n) is 13.9. The number of hydrogen-bond donors (Lipinski definition) is 1. The maximum atomic E-state index is 4.42. The highest BCUT2D eigenvalue weighted by molar-refractivity contribution is 7.09. The summed E-state index contributed by atoms with van der Waals surface area (Å²) in [6.07, 6.45) is 2.41. The number of nitrogens with zero attached hydrogens (tertiary/aromatic N) is 3. The number of likely N-dealkylation sites (tertiary alicyclic amines) is 1. The average molecular weight is 338 g/mol. The van der Waals surface area contributed by atoms with Crippen molar-refractivity contribution >= 4 is 27.9 Å². The van der Waals surface area contributed by atoms with Crippen LogP contribution in [0, 0.1) is 6.92 Å². The van der Waals surface area contributed by atoms with E-state index < -0.39 is 0 Å². The highest BCUT2D eigenvalue weighted by Gasteiger charge is 2.21. The van der Waals surface area contributed by atoms with Crippen molar-refractivity contribution in [2.75, 3.05) is 18.4 Å². The quantitative estimate of drug-likeness (QED) is 0.778. The fourth-order valence-corrected chi connectivity index (χ4v) is 4.22. The molecule has 4 nitrogen and oxygen atoms in total. The van der Waals surface area contributed by atoms with E-state index in [4.69, 9.17) is 0 Å². The van der Waals surface area contributed by atoms with Crippen LogP contribution in [0.2, 0.25) is 0 Å². The molecule has 0 aliphatic carbocycles. The Morgan fingerprint density at radius 1 is 1.17 bits per heavy atom. The van der Waals surface area contributed by atoms with E-state index in [-0.39, 0.29) is 0 Å². The minimum absolute atomic E-state index is 0.430. The van der Waals surface area contributed by atoms with E-state index in [2.05, 4.69) is 62.2 Å². The van der Waals surface area contributed by atoms with Crippen LogP contribution in [0.5, 0.6) is 0 Å². The lowest BCUT2D eigenvalue weighted by Crippen LogP contribution is -2.41. The minimum Gasteiger partial charge on any atom is -0.364 e. The highest BCUT2D eigenvalue weighted by Crippen LogP contribution is 2.25. The van der Waals surface area contributed by atoms with Crippen LogP contribution in [0.15, 0.2) is 41.8 Å². The summed E-state index contributed by atoms with van der Waals surface area (Å²) >= 11 is 1.84. The van der Waals surface area contributed by atoms with Gasteiger partial charge in [-0.15, -0.1) is 16.4 Å². The highest BCUT2D eigenvalue weighted by atomic mass is 32.1. The number of nitrogens with one attached hydrogen (secondary N) is 1. The molecule has 0 saturated carbocycles. The summed E-state index contributed by atoms with van der Waals surface area (Å²) in [6.45, 7) is 5.30.